The van der Waals surface area contributed by atoms with Gasteiger partial charge in [-0.05, 0) is 54.9 Å². The molecule has 0 spiro atoms. The van der Waals surface area contributed by atoms with Crippen LogP contribution in [0.4, 0.5) is 5.69 Å². The van der Waals surface area contributed by atoms with Crippen LogP contribution in [0.2, 0.25) is 10.0 Å². The number of piperazine rings is 1. The van der Waals surface area contributed by atoms with Crippen molar-refractivity contribution >= 4 is 34.8 Å². The Hall–Kier alpha value is -1.83. The van der Waals surface area contributed by atoms with E-state index in [1.54, 1.807) is 6.07 Å². The number of nitrogens with one attached hydrogen (secondary N) is 1. The van der Waals surface area contributed by atoms with Gasteiger partial charge in [-0.3, -0.25) is 4.79 Å². The zero-order valence-electron chi connectivity index (χ0n) is 21.8. The number of anilines is 1. The van der Waals surface area contributed by atoms with Crippen LogP contribution >= 0.6 is 23.2 Å². The van der Waals surface area contributed by atoms with Gasteiger partial charge in [0, 0.05) is 60.6 Å². The highest BCUT2D eigenvalue weighted by molar-refractivity contribution is 6.35. The van der Waals surface area contributed by atoms with Crippen LogP contribution in [0.15, 0.2) is 42.5 Å². The number of rotatable bonds is 10. The van der Waals surface area contributed by atoms with Crippen molar-refractivity contribution in [1.82, 2.24) is 10.2 Å². The summed E-state index contributed by atoms with van der Waals surface area (Å²) in [5.74, 6) is 0.922. The molecular weight excluding hydrogens is 509 g/mol. The van der Waals surface area contributed by atoms with Gasteiger partial charge in [0.15, 0.2) is 0 Å². The smallest absolute Gasteiger partial charge is 0.240 e. The van der Waals surface area contributed by atoms with Crippen LogP contribution < -0.4 is 10.2 Å². The molecule has 0 bridgehead atoms. The number of carbonyl (C=O) groups is 1. The summed E-state index contributed by atoms with van der Waals surface area (Å²) >= 11 is 12.6. The predicted molar refractivity (Wildman–Crippen MR) is 151 cm³/mol. The lowest BCUT2D eigenvalue weighted by atomic mass is 9.97. The standard InChI is InChI=1S/C29H39Cl2N3O3/c1-20(2)15-28(35)24-5-3-4-6-27(24)33-10-12-34(13-11-33)29(36)26(32-18-21-9-14-37-19-21)16-22-7-8-23(30)17-25(22)31/h3-8,17,20-21,26,28,32,35H,9-16,18-19H2,1-2H3/t21?,26-,28?/m1/s1. The normalized spacial score (nSPS) is 19.9. The zero-order chi connectivity index (χ0) is 26.4. The number of benzene rings is 2. The fourth-order valence-corrected chi connectivity index (χ4v) is 5.71. The molecule has 0 aromatic heterocycles. The number of para-hydroxylation sites is 1. The molecule has 1 amide bonds. The summed E-state index contributed by atoms with van der Waals surface area (Å²) in [5, 5.41) is 15.5. The number of hydrogen-bond acceptors (Lipinski definition) is 5. The fourth-order valence-electron chi connectivity index (χ4n) is 5.23. The minimum atomic E-state index is -0.492. The molecule has 0 radical (unpaired) electrons. The second-order valence-electron chi connectivity index (χ2n) is 10.6. The number of halogens is 2. The van der Waals surface area contributed by atoms with E-state index in [0.717, 1.165) is 62.5 Å². The number of aliphatic hydroxyl groups is 1. The highest BCUT2D eigenvalue weighted by Crippen LogP contribution is 2.31. The van der Waals surface area contributed by atoms with Crippen molar-refractivity contribution in [2.45, 2.75) is 45.3 Å². The van der Waals surface area contributed by atoms with Gasteiger partial charge in [-0.15, -0.1) is 0 Å². The number of ether oxygens (including phenoxy) is 1. The van der Waals surface area contributed by atoms with Crippen LogP contribution in [0.1, 0.15) is 43.9 Å². The van der Waals surface area contributed by atoms with Gasteiger partial charge in [-0.2, -0.15) is 0 Å². The molecule has 3 atom stereocenters. The number of nitrogens with zero attached hydrogens (tertiary/aromatic N) is 2. The molecule has 2 aromatic carbocycles. The zero-order valence-corrected chi connectivity index (χ0v) is 23.3. The lowest BCUT2D eigenvalue weighted by Crippen LogP contribution is -2.55. The van der Waals surface area contributed by atoms with Crippen LogP contribution in [0.25, 0.3) is 0 Å². The third-order valence-corrected chi connectivity index (χ3v) is 7.92. The van der Waals surface area contributed by atoms with Crippen molar-refractivity contribution in [2.24, 2.45) is 11.8 Å². The molecule has 4 rings (SSSR count). The molecule has 2 unspecified atom stereocenters. The van der Waals surface area contributed by atoms with Crippen molar-refractivity contribution in [3.63, 3.8) is 0 Å². The number of aliphatic hydroxyl groups excluding tert-OH is 1. The van der Waals surface area contributed by atoms with Crippen LogP contribution in [0.5, 0.6) is 0 Å². The van der Waals surface area contributed by atoms with E-state index < -0.39 is 6.10 Å². The first-order chi connectivity index (χ1) is 17.8. The minimum absolute atomic E-state index is 0.0951. The average molecular weight is 549 g/mol. The third kappa shape index (κ3) is 7.61. The van der Waals surface area contributed by atoms with Crippen LogP contribution in [0.3, 0.4) is 0 Å². The lowest BCUT2D eigenvalue weighted by molar-refractivity contribution is -0.133. The van der Waals surface area contributed by atoms with Crippen molar-refractivity contribution < 1.29 is 14.6 Å². The van der Waals surface area contributed by atoms with Gasteiger partial charge in [0.2, 0.25) is 5.91 Å². The van der Waals surface area contributed by atoms with Gasteiger partial charge >= 0.3 is 0 Å². The fraction of sp³-hybridized carbons (Fsp3) is 0.552. The van der Waals surface area contributed by atoms with E-state index in [-0.39, 0.29) is 11.9 Å². The van der Waals surface area contributed by atoms with E-state index in [9.17, 15) is 9.90 Å². The van der Waals surface area contributed by atoms with Crippen molar-refractivity contribution in [2.75, 3.05) is 50.8 Å². The highest BCUT2D eigenvalue weighted by atomic mass is 35.5. The molecule has 2 aliphatic heterocycles. The summed E-state index contributed by atoms with van der Waals surface area (Å²) in [5.41, 5.74) is 2.93. The summed E-state index contributed by atoms with van der Waals surface area (Å²) in [4.78, 5) is 18.0. The molecule has 2 fully saturated rings. The maximum atomic E-state index is 13.7. The maximum Gasteiger partial charge on any atom is 0.240 e. The highest BCUT2D eigenvalue weighted by Gasteiger charge is 2.30. The number of amides is 1. The van der Waals surface area contributed by atoms with E-state index in [4.69, 9.17) is 27.9 Å². The van der Waals surface area contributed by atoms with Crippen molar-refractivity contribution in [1.29, 1.82) is 0 Å². The first-order valence-electron chi connectivity index (χ1n) is 13.4. The summed E-state index contributed by atoms with van der Waals surface area (Å²) in [6.07, 6.45) is 1.75. The monoisotopic (exact) mass is 547 g/mol. The van der Waals surface area contributed by atoms with Gasteiger partial charge in [0.25, 0.3) is 0 Å². The van der Waals surface area contributed by atoms with Crippen LogP contribution in [-0.4, -0.2) is 67.9 Å². The maximum absolute atomic E-state index is 13.7. The van der Waals surface area contributed by atoms with Crippen LogP contribution in [0, 0.1) is 11.8 Å². The summed E-state index contributed by atoms with van der Waals surface area (Å²) in [6, 6.07) is 13.2. The molecule has 8 heteroatoms. The molecule has 2 heterocycles. The molecule has 202 valence electrons. The first kappa shape index (κ1) is 28.2. The van der Waals surface area contributed by atoms with E-state index in [0.29, 0.717) is 41.4 Å². The Kier molecular flexibility index (Phi) is 10.1. The topological polar surface area (TPSA) is 65.0 Å². The molecule has 2 aliphatic rings. The summed E-state index contributed by atoms with van der Waals surface area (Å²) in [6.45, 7) is 9.21. The molecule has 0 saturated carbocycles. The van der Waals surface area contributed by atoms with E-state index in [1.807, 2.05) is 35.2 Å². The number of hydrogen-bond donors (Lipinski definition) is 2. The molecule has 2 aromatic rings. The van der Waals surface area contributed by atoms with Crippen LogP contribution in [-0.2, 0) is 16.0 Å². The Morgan fingerprint density at radius 2 is 1.89 bits per heavy atom. The van der Waals surface area contributed by atoms with E-state index in [2.05, 4.69) is 30.1 Å². The van der Waals surface area contributed by atoms with Gasteiger partial charge in [0.1, 0.15) is 0 Å². The summed E-state index contributed by atoms with van der Waals surface area (Å²) < 4.78 is 5.52. The SMILES string of the molecule is CC(C)CC(O)c1ccccc1N1CCN(C(=O)[C@@H](Cc2ccc(Cl)cc2Cl)NCC2CCOC2)CC1. The molecule has 2 N–H and O–H groups in total. The Labute approximate surface area is 230 Å². The predicted octanol–water partition coefficient (Wildman–Crippen LogP) is 4.96. The van der Waals surface area contributed by atoms with E-state index in [1.165, 1.54) is 0 Å². The Morgan fingerprint density at radius 1 is 1.14 bits per heavy atom. The largest absolute Gasteiger partial charge is 0.388 e. The molecule has 0 aliphatic carbocycles. The van der Waals surface area contributed by atoms with E-state index >= 15 is 0 Å². The molecule has 37 heavy (non-hydrogen) atoms. The van der Waals surface area contributed by atoms with Gasteiger partial charge in [0.05, 0.1) is 18.8 Å². The Bertz CT molecular complexity index is 1040. The lowest BCUT2D eigenvalue weighted by Gasteiger charge is -2.39. The van der Waals surface area contributed by atoms with Crippen molar-refractivity contribution in [3.05, 3.63) is 63.6 Å². The van der Waals surface area contributed by atoms with Crippen molar-refractivity contribution in [3.8, 4) is 0 Å². The average Bonchev–Trinajstić information content (AvgIpc) is 3.41. The summed E-state index contributed by atoms with van der Waals surface area (Å²) in [7, 11) is 0. The van der Waals surface area contributed by atoms with Gasteiger partial charge in [-0.1, -0.05) is 61.3 Å². The Morgan fingerprint density at radius 3 is 2.57 bits per heavy atom. The second kappa shape index (κ2) is 13.3. The Balaban J connectivity index is 1.43. The molecule has 6 nitrogen and oxygen atoms in total. The van der Waals surface area contributed by atoms with Gasteiger partial charge < -0.3 is 25.0 Å². The molecular formula is C29H39Cl2N3O3. The second-order valence-corrected chi connectivity index (χ2v) is 11.5. The number of carbonyl (C=O) groups excluding carboxylic acids is 1. The first-order valence-corrected chi connectivity index (χ1v) is 14.1. The quantitative estimate of drug-likeness (QED) is 0.440. The third-order valence-electron chi connectivity index (χ3n) is 7.34. The van der Waals surface area contributed by atoms with Gasteiger partial charge in [-0.25, -0.2) is 0 Å². The molecule has 2 saturated heterocycles. The minimum Gasteiger partial charge on any atom is -0.388 e.